The SMILES string of the molecule is CC(C)(NC(=O)C(C(N)=S)c1ccccc1)C1CC1. The summed E-state index contributed by atoms with van der Waals surface area (Å²) in [5, 5.41) is 3.09. The van der Waals surface area contributed by atoms with E-state index in [4.69, 9.17) is 18.0 Å². The summed E-state index contributed by atoms with van der Waals surface area (Å²) in [6.45, 7) is 4.12. The quantitative estimate of drug-likeness (QED) is 0.812. The molecule has 3 nitrogen and oxygen atoms in total. The van der Waals surface area contributed by atoms with Gasteiger partial charge in [0.15, 0.2) is 0 Å². The molecule has 0 aromatic heterocycles. The first-order valence-corrected chi connectivity index (χ1v) is 6.99. The molecule has 1 aliphatic carbocycles. The molecular weight excluding hydrogens is 256 g/mol. The van der Waals surface area contributed by atoms with Crippen LogP contribution in [0, 0.1) is 5.92 Å². The van der Waals surface area contributed by atoms with Gasteiger partial charge in [0.2, 0.25) is 5.91 Å². The van der Waals surface area contributed by atoms with E-state index in [0.29, 0.717) is 5.92 Å². The van der Waals surface area contributed by atoms with Gasteiger partial charge in [-0.2, -0.15) is 0 Å². The number of amides is 1. The minimum atomic E-state index is -0.547. The molecular formula is C15H20N2OS. The third-order valence-corrected chi connectivity index (χ3v) is 3.96. The predicted octanol–water partition coefficient (Wildman–Crippen LogP) is 2.36. The zero-order chi connectivity index (χ0) is 14.0. The number of benzene rings is 1. The van der Waals surface area contributed by atoms with Crippen LogP contribution in [-0.4, -0.2) is 16.4 Å². The van der Waals surface area contributed by atoms with Crippen molar-refractivity contribution in [3.63, 3.8) is 0 Å². The summed E-state index contributed by atoms with van der Waals surface area (Å²) < 4.78 is 0. The zero-order valence-electron chi connectivity index (χ0n) is 11.3. The smallest absolute Gasteiger partial charge is 0.234 e. The highest BCUT2D eigenvalue weighted by Gasteiger charge is 2.40. The summed E-state index contributed by atoms with van der Waals surface area (Å²) >= 11 is 5.06. The number of nitrogens with two attached hydrogens (primary N) is 1. The maximum atomic E-state index is 12.5. The molecule has 0 spiro atoms. The van der Waals surface area contributed by atoms with Crippen molar-refractivity contribution in [3.8, 4) is 0 Å². The van der Waals surface area contributed by atoms with Crippen LogP contribution in [0.5, 0.6) is 0 Å². The predicted molar refractivity (Wildman–Crippen MR) is 80.9 cm³/mol. The highest BCUT2D eigenvalue weighted by Crippen LogP contribution is 2.39. The Morgan fingerprint density at radius 1 is 1.37 bits per heavy atom. The average Bonchev–Trinajstić information content (AvgIpc) is 3.13. The van der Waals surface area contributed by atoms with E-state index in [1.165, 1.54) is 12.8 Å². The van der Waals surface area contributed by atoms with Crippen LogP contribution in [0.15, 0.2) is 30.3 Å². The van der Waals surface area contributed by atoms with Gasteiger partial charge in [-0.3, -0.25) is 4.79 Å². The second-order valence-corrected chi connectivity index (χ2v) is 6.20. The molecule has 0 bridgehead atoms. The van der Waals surface area contributed by atoms with Crippen molar-refractivity contribution < 1.29 is 4.79 Å². The standard InChI is InChI=1S/C15H20N2OS/c1-15(2,11-8-9-11)17-14(18)12(13(16)19)10-6-4-3-5-7-10/h3-7,11-12H,8-9H2,1-2H3,(H2,16,19)(H,17,18). The Labute approximate surface area is 119 Å². The monoisotopic (exact) mass is 276 g/mol. The summed E-state index contributed by atoms with van der Waals surface area (Å²) in [4.78, 5) is 12.7. The van der Waals surface area contributed by atoms with E-state index in [1.807, 2.05) is 30.3 Å². The minimum absolute atomic E-state index is 0.101. The first-order valence-electron chi connectivity index (χ1n) is 6.58. The molecule has 2 rings (SSSR count). The summed E-state index contributed by atoms with van der Waals surface area (Å²) in [6.07, 6.45) is 2.35. The molecule has 1 atom stereocenters. The molecule has 3 N–H and O–H groups in total. The van der Waals surface area contributed by atoms with Crippen molar-refractivity contribution in [2.75, 3.05) is 0 Å². The van der Waals surface area contributed by atoms with Gasteiger partial charge in [-0.25, -0.2) is 0 Å². The Bertz CT molecular complexity index is 480. The second-order valence-electron chi connectivity index (χ2n) is 5.73. The maximum absolute atomic E-state index is 12.5. The Balaban J connectivity index is 2.16. The fraction of sp³-hybridized carbons (Fsp3) is 0.467. The number of rotatable bonds is 5. The molecule has 0 aliphatic heterocycles. The van der Waals surface area contributed by atoms with Gasteiger partial charge in [0.25, 0.3) is 0 Å². The van der Waals surface area contributed by atoms with Crippen LogP contribution in [-0.2, 0) is 4.79 Å². The number of carbonyl (C=O) groups is 1. The van der Waals surface area contributed by atoms with Gasteiger partial charge >= 0.3 is 0 Å². The number of hydrogen-bond acceptors (Lipinski definition) is 2. The maximum Gasteiger partial charge on any atom is 0.234 e. The van der Waals surface area contributed by atoms with E-state index in [0.717, 1.165) is 5.56 Å². The molecule has 1 amide bonds. The minimum Gasteiger partial charge on any atom is -0.392 e. The molecule has 19 heavy (non-hydrogen) atoms. The zero-order valence-corrected chi connectivity index (χ0v) is 12.2. The van der Waals surface area contributed by atoms with Crippen molar-refractivity contribution in [1.82, 2.24) is 5.32 Å². The number of nitrogens with one attached hydrogen (secondary N) is 1. The fourth-order valence-corrected chi connectivity index (χ4v) is 2.63. The Morgan fingerprint density at radius 2 is 1.95 bits per heavy atom. The molecule has 0 radical (unpaired) electrons. The second kappa shape index (κ2) is 5.29. The topological polar surface area (TPSA) is 55.1 Å². The van der Waals surface area contributed by atoms with Gasteiger partial charge in [-0.1, -0.05) is 42.5 Å². The molecule has 102 valence electrons. The summed E-state index contributed by atoms with van der Waals surface area (Å²) in [6, 6.07) is 9.45. The molecule has 0 saturated heterocycles. The van der Waals surface area contributed by atoms with Gasteiger partial charge in [0.1, 0.15) is 5.92 Å². The van der Waals surface area contributed by atoms with Gasteiger partial charge in [0.05, 0.1) is 4.99 Å². The first kappa shape index (κ1) is 14.0. The molecule has 1 fully saturated rings. The van der Waals surface area contributed by atoms with E-state index >= 15 is 0 Å². The summed E-state index contributed by atoms with van der Waals surface area (Å²) in [5.74, 6) is -0.0796. The third kappa shape index (κ3) is 3.32. The van der Waals surface area contributed by atoms with Crippen molar-refractivity contribution >= 4 is 23.1 Å². The van der Waals surface area contributed by atoms with Gasteiger partial charge in [0, 0.05) is 5.54 Å². The lowest BCUT2D eigenvalue weighted by Crippen LogP contribution is -2.49. The van der Waals surface area contributed by atoms with E-state index in [2.05, 4.69) is 19.2 Å². The number of thiocarbonyl (C=S) groups is 1. The molecule has 1 aromatic rings. The van der Waals surface area contributed by atoms with Crippen molar-refractivity contribution in [3.05, 3.63) is 35.9 Å². The lowest BCUT2D eigenvalue weighted by Gasteiger charge is -2.28. The van der Waals surface area contributed by atoms with Crippen LogP contribution >= 0.6 is 12.2 Å². The normalized spacial score (nSPS) is 16.7. The van der Waals surface area contributed by atoms with Gasteiger partial charge in [-0.15, -0.1) is 0 Å². The molecule has 1 unspecified atom stereocenters. The first-order chi connectivity index (χ1) is 8.92. The lowest BCUT2D eigenvalue weighted by atomic mass is 9.94. The number of carbonyl (C=O) groups excluding carboxylic acids is 1. The van der Waals surface area contributed by atoms with Crippen molar-refractivity contribution in [1.29, 1.82) is 0 Å². The highest BCUT2D eigenvalue weighted by atomic mass is 32.1. The molecule has 1 aromatic carbocycles. The van der Waals surface area contributed by atoms with Crippen LogP contribution in [0.4, 0.5) is 0 Å². The lowest BCUT2D eigenvalue weighted by molar-refractivity contribution is -0.122. The van der Waals surface area contributed by atoms with Crippen LogP contribution < -0.4 is 11.1 Å². The number of hydrogen-bond donors (Lipinski definition) is 2. The molecule has 1 saturated carbocycles. The Kier molecular flexibility index (Phi) is 3.90. The van der Waals surface area contributed by atoms with Crippen LogP contribution in [0.1, 0.15) is 38.2 Å². The largest absolute Gasteiger partial charge is 0.392 e. The van der Waals surface area contributed by atoms with Crippen LogP contribution in [0.3, 0.4) is 0 Å². The van der Waals surface area contributed by atoms with Crippen molar-refractivity contribution in [2.45, 2.75) is 38.1 Å². The van der Waals surface area contributed by atoms with Gasteiger partial charge < -0.3 is 11.1 Å². The van der Waals surface area contributed by atoms with E-state index in [-0.39, 0.29) is 16.4 Å². The van der Waals surface area contributed by atoms with E-state index < -0.39 is 5.92 Å². The summed E-state index contributed by atoms with van der Waals surface area (Å²) in [5.41, 5.74) is 6.41. The average molecular weight is 276 g/mol. The van der Waals surface area contributed by atoms with Crippen molar-refractivity contribution in [2.24, 2.45) is 11.7 Å². The summed E-state index contributed by atoms with van der Waals surface area (Å²) in [7, 11) is 0. The molecule has 0 heterocycles. The van der Waals surface area contributed by atoms with E-state index in [1.54, 1.807) is 0 Å². The van der Waals surface area contributed by atoms with E-state index in [9.17, 15) is 4.79 Å². The highest BCUT2D eigenvalue weighted by molar-refractivity contribution is 7.80. The van der Waals surface area contributed by atoms with Crippen LogP contribution in [0.25, 0.3) is 0 Å². The third-order valence-electron chi connectivity index (χ3n) is 3.72. The Hall–Kier alpha value is -1.42. The fourth-order valence-electron chi connectivity index (χ4n) is 2.39. The van der Waals surface area contributed by atoms with Gasteiger partial charge in [-0.05, 0) is 38.2 Å². The Morgan fingerprint density at radius 3 is 2.42 bits per heavy atom. The van der Waals surface area contributed by atoms with Crippen LogP contribution in [0.2, 0.25) is 0 Å². The molecule has 1 aliphatic rings. The molecule has 4 heteroatoms.